The van der Waals surface area contributed by atoms with Crippen LogP contribution in [0.2, 0.25) is 0 Å². The molecule has 0 aromatic heterocycles. The van der Waals surface area contributed by atoms with Crippen LogP contribution in [0.5, 0.6) is 0 Å². The van der Waals surface area contributed by atoms with Crippen LogP contribution in [-0.2, 0) is 19.3 Å². The summed E-state index contributed by atoms with van der Waals surface area (Å²) in [7, 11) is 0. The second-order valence-corrected chi connectivity index (χ2v) is 6.37. The molecule has 0 N–H and O–H groups in total. The second-order valence-electron chi connectivity index (χ2n) is 6.37. The lowest BCUT2D eigenvalue weighted by molar-refractivity contribution is 1.09. The van der Waals surface area contributed by atoms with Gasteiger partial charge in [0.05, 0.1) is 0 Å². The Morgan fingerprint density at radius 1 is 0.417 bits per heavy atom. The molecule has 0 fully saturated rings. The molecule has 0 aliphatic heterocycles. The summed E-state index contributed by atoms with van der Waals surface area (Å²) in [5, 5.41) is 0. The smallest absolute Gasteiger partial charge is 0.0179 e. The summed E-state index contributed by atoms with van der Waals surface area (Å²) >= 11 is 0. The summed E-state index contributed by atoms with van der Waals surface area (Å²) in [4.78, 5) is 0. The minimum atomic E-state index is 1.09. The zero-order valence-electron chi connectivity index (χ0n) is 15.0. The van der Waals surface area contributed by atoms with Crippen LogP contribution in [0.1, 0.15) is 37.5 Å². The van der Waals surface area contributed by atoms with E-state index in [4.69, 9.17) is 0 Å². The van der Waals surface area contributed by atoms with Gasteiger partial charge in [-0.15, -0.1) is 0 Å². The molecule has 3 rings (SSSR count). The van der Waals surface area contributed by atoms with Crippen molar-refractivity contribution >= 4 is 0 Å². The highest BCUT2D eigenvalue weighted by Crippen LogP contribution is 2.27. The standard InChI is InChI=1S/C24H26/c1-4-18-7-9-21(10-8-18)22-11-13-23(14-12-22)24-16-19(5-2)15-20(6-3)17-24/h7-17H,4-6H2,1-3H3. The van der Waals surface area contributed by atoms with Crippen molar-refractivity contribution in [1.29, 1.82) is 0 Å². The Hall–Kier alpha value is -2.34. The molecule has 0 bridgehead atoms. The van der Waals surface area contributed by atoms with Gasteiger partial charge in [-0.25, -0.2) is 0 Å². The molecule has 3 aromatic rings. The predicted octanol–water partition coefficient (Wildman–Crippen LogP) is 6.71. The molecule has 0 atom stereocenters. The summed E-state index contributed by atoms with van der Waals surface area (Å²) in [6.45, 7) is 6.64. The van der Waals surface area contributed by atoms with E-state index in [0.717, 1.165) is 19.3 Å². The summed E-state index contributed by atoms with van der Waals surface area (Å²) in [6, 6.07) is 24.8. The summed E-state index contributed by atoms with van der Waals surface area (Å²) in [5.74, 6) is 0. The fraction of sp³-hybridized carbons (Fsp3) is 0.250. The van der Waals surface area contributed by atoms with Crippen molar-refractivity contribution in [3.63, 3.8) is 0 Å². The van der Waals surface area contributed by atoms with Gasteiger partial charge in [0.2, 0.25) is 0 Å². The summed E-state index contributed by atoms with van der Waals surface area (Å²) in [6.07, 6.45) is 3.26. The van der Waals surface area contributed by atoms with E-state index in [0.29, 0.717) is 0 Å². The fourth-order valence-corrected chi connectivity index (χ4v) is 3.13. The molecule has 24 heavy (non-hydrogen) atoms. The monoisotopic (exact) mass is 314 g/mol. The average Bonchev–Trinajstić information content (AvgIpc) is 2.67. The molecule has 0 nitrogen and oxygen atoms in total. The number of benzene rings is 3. The van der Waals surface area contributed by atoms with Crippen LogP contribution in [-0.4, -0.2) is 0 Å². The van der Waals surface area contributed by atoms with E-state index in [1.165, 1.54) is 38.9 Å². The van der Waals surface area contributed by atoms with Gasteiger partial charge >= 0.3 is 0 Å². The number of hydrogen-bond donors (Lipinski definition) is 0. The third kappa shape index (κ3) is 3.59. The van der Waals surface area contributed by atoms with Gasteiger partial charge in [0.1, 0.15) is 0 Å². The van der Waals surface area contributed by atoms with Gasteiger partial charge in [-0.2, -0.15) is 0 Å². The predicted molar refractivity (Wildman–Crippen MR) is 105 cm³/mol. The minimum absolute atomic E-state index is 1.09. The van der Waals surface area contributed by atoms with Crippen molar-refractivity contribution in [3.8, 4) is 22.3 Å². The van der Waals surface area contributed by atoms with E-state index >= 15 is 0 Å². The van der Waals surface area contributed by atoms with Gasteiger partial charge < -0.3 is 0 Å². The second kappa shape index (κ2) is 7.49. The van der Waals surface area contributed by atoms with E-state index in [-0.39, 0.29) is 0 Å². The first-order valence-electron chi connectivity index (χ1n) is 9.06. The van der Waals surface area contributed by atoms with Gasteiger partial charge in [0, 0.05) is 0 Å². The van der Waals surface area contributed by atoms with Crippen LogP contribution < -0.4 is 0 Å². The maximum absolute atomic E-state index is 2.33. The van der Waals surface area contributed by atoms with Gasteiger partial charge in [0.25, 0.3) is 0 Å². The van der Waals surface area contributed by atoms with Gasteiger partial charge in [0.15, 0.2) is 0 Å². The van der Waals surface area contributed by atoms with Crippen molar-refractivity contribution < 1.29 is 0 Å². The van der Waals surface area contributed by atoms with Crippen molar-refractivity contribution in [2.45, 2.75) is 40.0 Å². The molecule has 3 aromatic carbocycles. The van der Waals surface area contributed by atoms with Crippen LogP contribution in [0.15, 0.2) is 66.7 Å². The number of rotatable bonds is 5. The van der Waals surface area contributed by atoms with E-state index in [2.05, 4.69) is 87.5 Å². The zero-order valence-corrected chi connectivity index (χ0v) is 15.0. The number of hydrogen-bond acceptors (Lipinski definition) is 0. The highest BCUT2D eigenvalue weighted by molar-refractivity contribution is 5.71. The number of aryl methyl sites for hydroxylation is 3. The molecule has 0 saturated heterocycles. The molecule has 0 amide bonds. The molecule has 0 spiro atoms. The van der Waals surface area contributed by atoms with Crippen LogP contribution in [0.25, 0.3) is 22.3 Å². The molecule has 0 heteroatoms. The van der Waals surface area contributed by atoms with Crippen molar-refractivity contribution in [3.05, 3.63) is 83.4 Å². The Morgan fingerprint density at radius 2 is 0.792 bits per heavy atom. The molecule has 122 valence electrons. The van der Waals surface area contributed by atoms with Crippen LogP contribution in [0.3, 0.4) is 0 Å². The zero-order chi connectivity index (χ0) is 16.9. The highest BCUT2D eigenvalue weighted by Gasteiger charge is 2.04. The first kappa shape index (κ1) is 16.5. The Labute approximate surface area is 146 Å². The normalized spacial score (nSPS) is 10.8. The summed E-state index contributed by atoms with van der Waals surface area (Å²) in [5.41, 5.74) is 9.43. The first-order chi connectivity index (χ1) is 11.7. The lowest BCUT2D eigenvalue weighted by Gasteiger charge is -2.09. The molecule has 0 saturated carbocycles. The Balaban J connectivity index is 1.91. The lowest BCUT2D eigenvalue weighted by Crippen LogP contribution is -1.89. The maximum Gasteiger partial charge on any atom is -0.0179 e. The third-order valence-corrected chi connectivity index (χ3v) is 4.78. The third-order valence-electron chi connectivity index (χ3n) is 4.78. The van der Waals surface area contributed by atoms with Gasteiger partial charge in [-0.3, -0.25) is 0 Å². The van der Waals surface area contributed by atoms with E-state index in [9.17, 15) is 0 Å². The van der Waals surface area contributed by atoms with E-state index < -0.39 is 0 Å². The Morgan fingerprint density at radius 3 is 1.21 bits per heavy atom. The van der Waals surface area contributed by atoms with E-state index in [1.807, 2.05) is 0 Å². The minimum Gasteiger partial charge on any atom is -0.0613 e. The maximum atomic E-state index is 2.33. The topological polar surface area (TPSA) is 0 Å². The average molecular weight is 314 g/mol. The quantitative estimate of drug-likeness (QED) is 0.491. The van der Waals surface area contributed by atoms with Crippen molar-refractivity contribution in [2.75, 3.05) is 0 Å². The van der Waals surface area contributed by atoms with E-state index in [1.54, 1.807) is 0 Å². The molecule has 0 radical (unpaired) electrons. The van der Waals surface area contributed by atoms with Crippen molar-refractivity contribution in [1.82, 2.24) is 0 Å². The largest absolute Gasteiger partial charge is 0.0613 e. The Bertz CT molecular complexity index is 770. The van der Waals surface area contributed by atoms with Crippen LogP contribution in [0, 0.1) is 0 Å². The van der Waals surface area contributed by atoms with Gasteiger partial charge in [-0.05, 0) is 58.2 Å². The molecule has 0 aliphatic rings. The molecular formula is C24H26. The SMILES string of the molecule is CCc1ccc(-c2ccc(-c3cc(CC)cc(CC)c3)cc2)cc1. The fourth-order valence-electron chi connectivity index (χ4n) is 3.13. The molecule has 0 aliphatic carbocycles. The Kier molecular flexibility index (Phi) is 5.15. The van der Waals surface area contributed by atoms with Crippen molar-refractivity contribution in [2.24, 2.45) is 0 Å². The lowest BCUT2D eigenvalue weighted by atomic mass is 9.96. The van der Waals surface area contributed by atoms with Gasteiger partial charge in [-0.1, -0.05) is 87.5 Å². The van der Waals surface area contributed by atoms with Crippen LogP contribution in [0.4, 0.5) is 0 Å². The first-order valence-corrected chi connectivity index (χ1v) is 9.06. The molecule has 0 unspecified atom stereocenters. The summed E-state index contributed by atoms with van der Waals surface area (Å²) < 4.78 is 0. The molecular weight excluding hydrogens is 288 g/mol. The van der Waals surface area contributed by atoms with Crippen LogP contribution >= 0.6 is 0 Å². The molecule has 0 heterocycles. The highest BCUT2D eigenvalue weighted by atomic mass is 14.1.